The number of halogens is 1. The van der Waals surface area contributed by atoms with Crippen molar-refractivity contribution in [1.29, 1.82) is 5.26 Å². The van der Waals surface area contributed by atoms with Crippen LogP contribution in [0.25, 0.3) is 11.3 Å². The second kappa shape index (κ2) is 9.87. The first-order valence-electron chi connectivity index (χ1n) is 11.1. The molecule has 184 valence electrons. The van der Waals surface area contributed by atoms with Crippen molar-refractivity contribution in [1.82, 2.24) is 24.5 Å². The van der Waals surface area contributed by atoms with E-state index in [2.05, 4.69) is 25.8 Å². The molecule has 10 nitrogen and oxygen atoms in total. The highest BCUT2D eigenvalue weighted by Gasteiger charge is 2.20. The number of urea groups is 1. The Kier molecular flexibility index (Phi) is 6.69. The fourth-order valence-corrected chi connectivity index (χ4v) is 3.30. The number of carbonyl (C=O) groups excluding carboxylic acids is 1. The van der Waals surface area contributed by atoms with Gasteiger partial charge in [0, 0.05) is 48.6 Å². The van der Waals surface area contributed by atoms with Gasteiger partial charge in [-0.2, -0.15) is 15.5 Å². The molecule has 0 atom stereocenters. The van der Waals surface area contributed by atoms with Crippen LogP contribution < -0.4 is 15.4 Å². The highest BCUT2D eigenvalue weighted by atomic mass is 19.1. The molecule has 0 radical (unpaired) electrons. The molecular weight excluding hydrogens is 463 g/mol. The molecule has 0 aliphatic rings. The minimum Gasteiger partial charge on any atom is -0.457 e. The lowest BCUT2D eigenvalue weighted by atomic mass is 9.92. The summed E-state index contributed by atoms with van der Waals surface area (Å²) in [5.41, 5.74) is 1.96. The minimum absolute atomic E-state index is 0.00149. The number of carbonyl (C=O) groups is 1. The summed E-state index contributed by atoms with van der Waals surface area (Å²) in [6.07, 6.45) is 4.87. The molecule has 0 fully saturated rings. The number of hydrogen-bond acceptors (Lipinski definition) is 6. The SMILES string of the molecule is Cn1nc(C(C)(C)C)cc1NC(=O)Nc1ccc(Oc2ccnc(-c3cnn(CC#N)c3)c2)cc1F. The molecule has 0 unspecified atom stereocenters. The quantitative estimate of drug-likeness (QED) is 0.390. The second-order valence-electron chi connectivity index (χ2n) is 9.07. The van der Waals surface area contributed by atoms with Crippen molar-refractivity contribution in [3.63, 3.8) is 0 Å². The van der Waals surface area contributed by atoms with E-state index in [0.29, 0.717) is 17.3 Å². The Bertz CT molecular complexity index is 1450. The topological polar surface area (TPSA) is 123 Å². The van der Waals surface area contributed by atoms with Crippen LogP contribution in [0.2, 0.25) is 0 Å². The number of anilines is 2. The van der Waals surface area contributed by atoms with Gasteiger partial charge in [0.15, 0.2) is 0 Å². The van der Waals surface area contributed by atoms with E-state index in [9.17, 15) is 9.18 Å². The van der Waals surface area contributed by atoms with E-state index in [4.69, 9.17) is 10.00 Å². The summed E-state index contributed by atoms with van der Waals surface area (Å²) in [5, 5.41) is 22.5. The summed E-state index contributed by atoms with van der Waals surface area (Å²) >= 11 is 0. The van der Waals surface area contributed by atoms with E-state index >= 15 is 0 Å². The van der Waals surface area contributed by atoms with Gasteiger partial charge in [-0.25, -0.2) is 9.18 Å². The zero-order chi connectivity index (χ0) is 25.9. The highest BCUT2D eigenvalue weighted by molar-refractivity contribution is 5.99. The molecule has 0 aliphatic heterocycles. The predicted molar refractivity (Wildman–Crippen MR) is 132 cm³/mol. The number of benzene rings is 1. The largest absolute Gasteiger partial charge is 0.457 e. The molecule has 4 rings (SSSR count). The molecule has 0 spiro atoms. The molecular formula is C25H25FN8O2. The van der Waals surface area contributed by atoms with Crippen molar-refractivity contribution >= 4 is 17.5 Å². The van der Waals surface area contributed by atoms with E-state index in [0.717, 1.165) is 11.3 Å². The average Bonchev–Trinajstić information content (AvgIpc) is 3.43. The Morgan fingerprint density at radius 3 is 2.64 bits per heavy atom. The van der Waals surface area contributed by atoms with Crippen LogP contribution in [0.4, 0.5) is 20.7 Å². The standard InChI is InChI=1S/C25H25FN8O2/c1-25(2,3)22-13-23(33(4)32-22)31-24(35)30-20-6-5-17(11-19(20)26)36-18-7-9-28-21(12-18)16-14-29-34(15-16)10-8-27/h5-7,9,11-15H,10H2,1-4H3,(H2,30,31,35). The normalized spacial score (nSPS) is 11.1. The van der Waals surface area contributed by atoms with Crippen LogP contribution in [0.3, 0.4) is 0 Å². The number of rotatable bonds is 6. The molecule has 0 aliphatic carbocycles. The van der Waals surface area contributed by atoms with Crippen molar-refractivity contribution in [2.45, 2.75) is 32.7 Å². The number of hydrogen-bond donors (Lipinski definition) is 2. The number of pyridine rings is 1. The molecule has 0 saturated carbocycles. The Hall–Kier alpha value is -4.72. The molecule has 3 heterocycles. The number of aromatic nitrogens is 5. The van der Waals surface area contributed by atoms with E-state index in [1.54, 1.807) is 54.6 Å². The van der Waals surface area contributed by atoms with Crippen LogP contribution in [0.1, 0.15) is 26.5 Å². The van der Waals surface area contributed by atoms with Gasteiger partial charge in [-0.1, -0.05) is 20.8 Å². The fraction of sp³-hybridized carbons (Fsp3) is 0.240. The van der Waals surface area contributed by atoms with Gasteiger partial charge in [0.05, 0.1) is 29.3 Å². The molecule has 3 aromatic heterocycles. The lowest BCUT2D eigenvalue weighted by Crippen LogP contribution is -2.21. The molecule has 2 N–H and O–H groups in total. The van der Waals surface area contributed by atoms with Gasteiger partial charge in [0.25, 0.3) is 0 Å². The fourth-order valence-electron chi connectivity index (χ4n) is 3.30. The van der Waals surface area contributed by atoms with Crippen molar-refractivity contribution in [3.05, 3.63) is 66.5 Å². The van der Waals surface area contributed by atoms with Gasteiger partial charge in [0.2, 0.25) is 0 Å². The Morgan fingerprint density at radius 1 is 1.17 bits per heavy atom. The maximum absolute atomic E-state index is 14.7. The van der Waals surface area contributed by atoms with Crippen LogP contribution >= 0.6 is 0 Å². The number of nitrogens with zero attached hydrogens (tertiary/aromatic N) is 6. The van der Waals surface area contributed by atoms with Gasteiger partial charge < -0.3 is 10.1 Å². The Balaban J connectivity index is 1.42. The van der Waals surface area contributed by atoms with Gasteiger partial charge in [-0.3, -0.25) is 19.7 Å². The Morgan fingerprint density at radius 2 is 1.94 bits per heavy atom. The first-order chi connectivity index (χ1) is 17.1. The van der Waals surface area contributed by atoms with Gasteiger partial charge >= 0.3 is 6.03 Å². The summed E-state index contributed by atoms with van der Waals surface area (Å²) < 4.78 is 23.6. The molecule has 11 heteroatoms. The summed E-state index contributed by atoms with van der Waals surface area (Å²) in [6.45, 7) is 6.20. The maximum atomic E-state index is 14.7. The van der Waals surface area contributed by atoms with Gasteiger partial charge in [-0.05, 0) is 18.2 Å². The van der Waals surface area contributed by atoms with Crippen LogP contribution in [0.5, 0.6) is 11.5 Å². The highest BCUT2D eigenvalue weighted by Crippen LogP contribution is 2.28. The van der Waals surface area contributed by atoms with Crippen LogP contribution in [-0.4, -0.2) is 30.6 Å². The average molecular weight is 489 g/mol. The van der Waals surface area contributed by atoms with Crippen LogP contribution in [0.15, 0.2) is 55.0 Å². The maximum Gasteiger partial charge on any atom is 0.324 e. The summed E-state index contributed by atoms with van der Waals surface area (Å²) in [5.74, 6) is 0.522. The van der Waals surface area contributed by atoms with E-state index < -0.39 is 11.8 Å². The number of nitrogens with one attached hydrogen (secondary N) is 2. The molecule has 0 saturated heterocycles. The third-order valence-electron chi connectivity index (χ3n) is 5.21. The zero-order valence-corrected chi connectivity index (χ0v) is 20.3. The Labute approximate surface area is 207 Å². The van der Waals surface area contributed by atoms with Crippen molar-refractivity contribution in [2.75, 3.05) is 10.6 Å². The number of nitriles is 1. The second-order valence-corrected chi connectivity index (χ2v) is 9.07. The molecule has 36 heavy (non-hydrogen) atoms. The minimum atomic E-state index is -0.657. The predicted octanol–water partition coefficient (Wildman–Crippen LogP) is 5.08. The number of ether oxygens (including phenoxy) is 1. The van der Waals surface area contributed by atoms with Crippen molar-refractivity contribution < 1.29 is 13.9 Å². The third kappa shape index (κ3) is 5.67. The first-order valence-corrected chi connectivity index (χ1v) is 11.1. The van der Waals surface area contributed by atoms with Crippen LogP contribution in [0, 0.1) is 17.1 Å². The first kappa shape index (κ1) is 24.4. The van der Waals surface area contributed by atoms with Crippen LogP contribution in [-0.2, 0) is 19.0 Å². The van der Waals surface area contributed by atoms with E-state index in [-0.39, 0.29) is 23.4 Å². The zero-order valence-electron chi connectivity index (χ0n) is 20.3. The van der Waals surface area contributed by atoms with E-state index in [1.165, 1.54) is 16.8 Å². The van der Waals surface area contributed by atoms with Gasteiger partial charge in [0.1, 0.15) is 29.7 Å². The summed E-state index contributed by atoms with van der Waals surface area (Å²) in [7, 11) is 1.72. The molecule has 1 aromatic carbocycles. The molecule has 0 bridgehead atoms. The summed E-state index contributed by atoms with van der Waals surface area (Å²) in [4.78, 5) is 16.7. The molecule has 2 amide bonds. The summed E-state index contributed by atoms with van der Waals surface area (Å²) in [6, 6.07) is 10.7. The number of amides is 2. The monoisotopic (exact) mass is 488 g/mol. The van der Waals surface area contributed by atoms with Crippen molar-refractivity contribution in [2.24, 2.45) is 7.05 Å². The lowest BCUT2D eigenvalue weighted by molar-refractivity contribution is 0.262. The van der Waals surface area contributed by atoms with E-state index in [1.807, 2.05) is 26.8 Å². The van der Waals surface area contributed by atoms with Crippen molar-refractivity contribution in [3.8, 4) is 28.8 Å². The number of aryl methyl sites for hydroxylation is 1. The molecule has 4 aromatic rings. The smallest absolute Gasteiger partial charge is 0.324 e. The third-order valence-corrected chi connectivity index (χ3v) is 5.21. The lowest BCUT2D eigenvalue weighted by Gasteiger charge is -2.13. The van der Waals surface area contributed by atoms with Gasteiger partial charge in [-0.15, -0.1) is 0 Å².